The summed E-state index contributed by atoms with van der Waals surface area (Å²) in [6.45, 7) is 0. The van der Waals surface area contributed by atoms with Gasteiger partial charge < -0.3 is 11.1 Å². The third kappa shape index (κ3) is 5.01. The van der Waals surface area contributed by atoms with Crippen LogP contribution in [0.4, 0.5) is 23.1 Å². The van der Waals surface area contributed by atoms with Crippen molar-refractivity contribution < 1.29 is 4.79 Å². The lowest BCUT2D eigenvalue weighted by atomic mass is 9.91. The van der Waals surface area contributed by atoms with Crippen LogP contribution in [0.2, 0.25) is 0 Å². The van der Waals surface area contributed by atoms with Gasteiger partial charge in [-0.25, -0.2) is 15.0 Å². The Morgan fingerprint density at radius 2 is 1.47 bits per heavy atom. The van der Waals surface area contributed by atoms with Gasteiger partial charge in [0.15, 0.2) is 11.6 Å². The molecule has 4 aromatic rings. The third-order valence-corrected chi connectivity index (χ3v) is 5.16. The molecule has 1 amide bonds. The minimum absolute atomic E-state index is 0.244. The first-order chi connectivity index (χ1) is 15.6. The quantitative estimate of drug-likeness (QED) is 0.286. The normalized spacial score (nSPS) is 10.6. The van der Waals surface area contributed by atoms with E-state index in [9.17, 15) is 4.79 Å². The summed E-state index contributed by atoms with van der Waals surface area (Å²) in [6, 6.07) is 22.8. The second-order valence-corrected chi connectivity index (χ2v) is 7.76. The first kappa shape index (κ1) is 21.3. The molecule has 9 heteroatoms. The number of nitrogens with one attached hydrogen (secondary N) is 3. The lowest BCUT2D eigenvalue weighted by Crippen LogP contribution is -2.35. The number of rotatable bonds is 7. The summed E-state index contributed by atoms with van der Waals surface area (Å²) in [7, 11) is 0. The van der Waals surface area contributed by atoms with Crippen molar-refractivity contribution in [2.75, 3.05) is 16.5 Å². The van der Waals surface area contributed by atoms with Crippen LogP contribution in [0.1, 0.15) is 17.0 Å². The van der Waals surface area contributed by atoms with Crippen LogP contribution in [-0.4, -0.2) is 20.9 Å². The molecule has 5 N–H and O–H groups in total. The SMILES string of the molecule is Nc1c(NNC(=O)C(c2ccccc2)c2ccccc2)ncnc1Nc1ccc(Br)cn1. The van der Waals surface area contributed by atoms with E-state index in [-0.39, 0.29) is 17.4 Å². The largest absolute Gasteiger partial charge is 0.393 e. The Morgan fingerprint density at radius 1 is 0.844 bits per heavy atom. The van der Waals surface area contributed by atoms with Crippen molar-refractivity contribution in [1.29, 1.82) is 0 Å². The maximum absolute atomic E-state index is 13.1. The van der Waals surface area contributed by atoms with Crippen LogP contribution in [0, 0.1) is 0 Å². The molecule has 0 bridgehead atoms. The highest BCUT2D eigenvalue weighted by Crippen LogP contribution is 2.27. The van der Waals surface area contributed by atoms with Gasteiger partial charge >= 0.3 is 0 Å². The van der Waals surface area contributed by atoms with Gasteiger partial charge in [-0.3, -0.25) is 15.6 Å². The minimum atomic E-state index is -0.502. The number of nitrogens with two attached hydrogens (primary N) is 1. The highest BCUT2D eigenvalue weighted by Gasteiger charge is 2.23. The highest BCUT2D eigenvalue weighted by atomic mass is 79.9. The van der Waals surface area contributed by atoms with Gasteiger partial charge in [0, 0.05) is 10.7 Å². The minimum Gasteiger partial charge on any atom is -0.393 e. The number of carbonyl (C=O) groups excluding carboxylic acids is 1. The first-order valence-electron chi connectivity index (χ1n) is 9.76. The topological polar surface area (TPSA) is 118 Å². The van der Waals surface area contributed by atoms with Gasteiger partial charge in [-0.05, 0) is 39.2 Å². The molecule has 0 aliphatic carbocycles. The van der Waals surface area contributed by atoms with Crippen LogP contribution in [0.5, 0.6) is 0 Å². The Hall–Kier alpha value is -3.98. The summed E-state index contributed by atoms with van der Waals surface area (Å²) >= 11 is 3.35. The zero-order valence-electron chi connectivity index (χ0n) is 16.9. The van der Waals surface area contributed by atoms with Crippen molar-refractivity contribution >= 4 is 45.0 Å². The van der Waals surface area contributed by atoms with Crippen molar-refractivity contribution in [3.05, 3.63) is 101 Å². The number of hydrogen-bond acceptors (Lipinski definition) is 7. The van der Waals surface area contributed by atoms with Crippen LogP contribution in [0.3, 0.4) is 0 Å². The lowest BCUT2D eigenvalue weighted by Gasteiger charge is -2.19. The molecule has 0 fully saturated rings. The molecule has 2 aromatic heterocycles. The molecular formula is C23H20BrN7O. The van der Waals surface area contributed by atoms with Gasteiger partial charge in [0.25, 0.3) is 0 Å². The summed E-state index contributed by atoms with van der Waals surface area (Å²) in [5, 5.41) is 3.04. The zero-order valence-corrected chi connectivity index (χ0v) is 18.5. The molecule has 0 radical (unpaired) electrons. The number of amides is 1. The van der Waals surface area contributed by atoms with Gasteiger partial charge in [0.1, 0.15) is 17.8 Å². The number of hydrogen-bond donors (Lipinski definition) is 4. The number of carbonyl (C=O) groups is 1. The summed E-state index contributed by atoms with van der Waals surface area (Å²) in [4.78, 5) is 25.7. The fourth-order valence-electron chi connectivity index (χ4n) is 3.15. The zero-order chi connectivity index (χ0) is 22.3. The van der Waals surface area contributed by atoms with Crippen LogP contribution in [0.15, 0.2) is 89.8 Å². The predicted octanol–water partition coefficient (Wildman–Crippen LogP) is 4.24. The van der Waals surface area contributed by atoms with Crippen LogP contribution in [-0.2, 0) is 4.79 Å². The number of nitrogens with zero attached hydrogens (tertiary/aromatic N) is 3. The molecule has 32 heavy (non-hydrogen) atoms. The molecule has 160 valence electrons. The molecule has 4 rings (SSSR count). The average Bonchev–Trinajstić information content (AvgIpc) is 2.82. The van der Waals surface area contributed by atoms with E-state index >= 15 is 0 Å². The Kier molecular flexibility index (Phi) is 6.57. The molecule has 0 aliphatic rings. The molecule has 0 saturated carbocycles. The number of nitrogen functional groups attached to an aromatic ring is 1. The van der Waals surface area contributed by atoms with Crippen molar-refractivity contribution in [1.82, 2.24) is 20.4 Å². The Morgan fingerprint density at radius 3 is 2.06 bits per heavy atom. The van der Waals surface area contributed by atoms with Crippen molar-refractivity contribution in [2.45, 2.75) is 5.92 Å². The second-order valence-electron chi connectivity index (χ2n) is 6.84. The Bertz CT molecular complexity index is 1150. The fourth-order valence-corrected chi connectivity index (χ4v) is 3.38. The van der Waals surface area contributed by atoms with E-state index in [0.29, 0.717) is 11.6 Å². The molecular weight excluding hydrogens is 470 g/mol. The summed E-state index contributed by atoms with van der Waals surface area (Å²) in [5.74, 6) is 0.464. The number of anilines is 4. The number of hydrazine groups is 1. The lowest BCUT2D eigenvalue weighted by molar-refractivity contribution is -0.121. The van der Waals surface area contributed by atoms with Gasteiger partial charge in [0.2, 0.25) is 5.91 Å². The maximum atomic E-state index is 13.1. The predicted molar refractivity (Wildman–Crippen MR) is 128 cm³/mol. The van der Waals surface area contributed by atoms with Crippen molar-refractivity contribution in [3.63, 3.8) is 0 Å². The van der Waals surface area contributed by atoms with Crippen LogP contribution >= 0.6 is 15.9 Å². The Labute approximate surface area is 193 Å². The number of aromatic nitrogens is 3. The monoisotopic (exact) mass is 489 g/mol. The third-order valence-electron chi connectivity index (χ3n) is 4.69. The van der Waals surface area contributed by atoms with E-state index in [1.54, 1.807) is 12.3 Å². The van der Waals surface area contributed by atoms with Crippen LogP contribution in [0.25, 0.3) is 0 Å². The van der Waals surface area contributed by atoms with E-state index in [0.717, 1.165) is 15.6 Å². The number of halogens is 1. The molecule has 0 aliphatic heterocycles. The Balaban J connectivity index is 1.52. The summed E-state index contributed by atoms with van der Waals surface area (Å²) in [5.41, 5.74) is 13.7. The van der Waals surface area contributed by atoms with Crippen molar-refractivity contribution in [3.8, 4) is 0 Å². The number of benzene rings is 2. The average molecular weight is 490 g/mol. The molecule has 2 heterocycles. The molecule has 2 aromatic carbocycles. The van der Waals surface area contributed by atoms with Crippen LogP contribution < -0.4 is 21.9 Å². The van der Waals surface area contributed by atoms with Gasteiger partial charge in [-0.15, -0.1) is 0 Å². The molecule has 0 spiro atoms. The van der Waals surface area contributed by atoms with Gasteiger partial charge in [0.05, 0.1) is 5.92 Å². The summed E-state index contributed by atoms with van der Waals surface area (Å²) in [6.07, 6.45) is 3.00. The summed E-state index contributed by atoms with van der Waals surface area (Å²) < 4.78 is 0.857. The molecule has 0 unspecified atom stereocenters. The second kappa shape index (κ2) is 9.88. The van der Waals surface area contributed by atoms with Crippen molar-refractivity contribution in [2.24, 2.45) is 0 Å². The van der Waals surface area contributed by atoms with Gasteiger partial charge in [-0.2, -0.15) is 0 Å². The van der Waals surface area contributed by atoms with E-state index < -0.39 is 5.92 Å². The fraction of sp³-hybridized carbons (Fsp3) is 0.0435. The smallest absolute Gasteiger partial charge is 0.250 e. The molecule has 8 nitrogen and oxygen atoms in total. The number of pyridine rings is 1. The highest BCUT2D eigenvalue weighted by molar-refractivity contribution is 9.10. The van der Waals surface area contributed by atoms with E-state index in [1.807, 2.05) is 66.7 Å². The van der Waals surface area contributed by atoms with E-state index in [1.165, 1.54) is 6.33 Å². The van der Waals surface area contributed by atoms with E-state index in [2.05, 4.69) is 47.1 Å². The van der Waals surface area contributed by atoms with Gasteiger partial charge in [-0.1, -0.05) is 60.7 Å². The first-order valence-corrected chi connectivity index (χ1v) is 10.6. The molecule has 0 saturated heterocycles. The molecule has 0 atom stereocenters. The maximum Gasteiger partial charge on any atom is 0.250 e. The standard InChI is InChI=1S/C23H20BrN7O/c24-17-11-12-18(26-13-17)29-21-20(25)22(28-14-27-21)30-31-23(32)19(15-7-3-1-4-8-15)16-9-5-2-6-10-16/h1-14,19H,25H2,(H,31,32)(H2,26,27,28,29,30). The van der Waals surface area contributed by atoms with E-state index in [4.69, 9.17) is 5.73 Å².